The molecule has 0 aliphatic carbocycles. The zero-order chi connectivity index (χ0) is 16.2. The van der Waals surface area contributed by atoms with E-state index in [1.165, 1.54) is 13.0 Å². The predicted octanol–water partition coefficient (Wildman–Crippen LogP) is 1.34. The molecule has 2 atom stereocenters. The molecule has 0 bridgehead atoms. The monoisotopic (exact) mass is 313 g/mol. The lowest BCUT2D eigenvalue weighted by Gasteiger charge is -2.21. The van der Waals surface area contributed by atoms with Crippen LogP contribution in [0.15, 0.2) is 12.1 Å². The number of rotatable bonds is 6. The SMILES string of the molecule is CC(=O)SCCC(O)C(O)c1cc(C)cc(C(=O)O)c1N. The van der Waals surface area contributed by atoms with Gasteiger partial charge in [-0.05, 0) is 25.0 Å². The van der Waals surface area contributed by atoms with Gasteiger partial charge in [0.05, 0.1) is 17.4 Å². The van der Waals surface area contributed by atoms with Gasteiger partial charge in [0.1, 0.15) is 6.10 Å². The van der Waals surface area contributed by atoms with E-state index in [9.17, 15) is 19.8 Å². The molecule has 1 aromatic rings. The number of aliphatic hydroxyl groups is 2. The molecule has 0 fully saturated rings. The summed E-state index contributed by atoms with van der Waals surface area (Å²) in [6.45, 7) is 3.10. The van der Waals surface area contributed by atoms with Crippen molar-refractivity contribution in [3.05, 3.63) is 28.8 Å². The molecule has 1 rings (SSSR count). The lowest BCUT2D eigenvalue weighted by molar-refractivity contribution is -0.109. The number of aromatic carboxylic acids is 1. The Balaban J connectivity index is 2.93. The molecule has 0 spiro atoms. The molecule has 0 saturated carbocycles. The summed E-state index contributed by atoms with van der Waals surface area (Å²) in [6.07, 6.45) is -2.22. The Bertz CT molecular complexity index is 546. The molecule has 0 heterocycles. The van der Waals surface area contributed by atoms with Crippen molar-refractivity contribution in [2.45, 2.75) is 32.5 Å². The highest BCUT2D eigenvalue weighted by molar-refractivity contribution is 8.13. The molecule has 7 heteroatoms. The molecule has 2 unspecified atom stereocenters. The predicted molar refractivity (Wildman–Crippen MR) is 81.3 cm³/mol. The summed E-state index contributed by atoms with van der Waals surface area (Å²) >= 11 is 1.05. The molecular formula is C14H19NO5S. The summed E-state index contributed by atoms with van der Waals surface area (Å²) in [4.78, 5) is 21.9. The van der Waals surface area contributed by atoms with Crippen molar-refractivity contribution >= 4 is 28.5 Å². The van der Waals surface area contributed by atoms with Gasteiger partial charge in [0.15, 0.2) is 5.12 Å². The van der Waals surface area contributed by atoms with E-state index in [4.69, 9.17) is 10.8 Å². The second-order valence-electron chi connectivity index (χ2n) is 4.76. The van der Waals surface area contributed by atoms with Crippen molar-refractivity contribution < 1.29 is 24.9 Å². The minimum Gasteiger partial charge on any atom is -0.478 e. The molecule has 0 aromatic heterocycles. The fourth-order valence-corrected chi connectivity index (χ4v) is 2.58. The second-order valence-corrected chi connectivity index (χ2v) is 6.03. The third-order valence-corrected chi connectivity index (χ3v) is 3.84. The highest BCUT2D eigenvalue weighted by Gasteiger charge is 2.23. The molecule has 116 valence electrons. The number of anilines is 1. The van der Waals surface area contributed by atoms with E-state index in [0.29, 0.717) is 11.3 Å². The number of aliphatic hydroxyl groups excluding tert-OH is 2. The Morgan fingerprint density at radius 1 is 1.33 bits per heavy atom. The minimum absolute atomic E-state index is 0.0566. The number of benzene rings is 1. The average molecular weight is 313 g/mol. The smallest absolute Gasteiger partial charge is 0.337 e. The van der Waals surface area contributed by atoms with Crippen LogP contribution in [0.4, 0.5) is 5.69 Å². The van der Waals surface area contributed by atoms with Crippen LogP contribution >= 0.6 is 11.8 Å². The third kappa shape index (κ3) is 4.73. The number of hydrogen-bond acceptors (Lipinski definition) is 6. The Kier molecular flexibility index (Phi) is 6.19. The van der Waals surface area contributed by atoms with E-state index >= 15 is 0 Å². The van der Waals surface area contributed by atoms with Crippen molar-refractivity contribution in [2.24, 2.45) is 0 Å². The molecule has 6 nitrogen and oxygen atoms in total. The van der Waals surface area contributed by atoms with Crippen molar-refractivity contribution in [3.8, 4) is 0 Å². The Morgan fingerprint density at radius 3 is 2.48 bits per heavy atom. The fraction of sp³-hybridized carbons (Fsp3) is 0.429. The van der Waals surface area contributed by atoms with E-state index in [1.54, 1.807) is 13.0 Å². The fourth-order valence-electron chi connectivity index (χ4n) is 1.94. The third-order valence-electron chi connectivity index (χ3n) is 2.99. The number of nitrogens with two attached hydrogens (primary N) is 1. The van der Waals surface area contributed by atoms with Crippen LogP contribution in [-0.2, 0) is 4.79 Å². The highest BCUT2D eigenvalue weighted by atomic mass is 32.2. The van der Waals surface area contributed by atoms with E-state index in [2.05, 4.69) is 0 Å². The summed E-state index contributed by atoms with van der Waals surface area (Å²) in [6, 6.07) is 2.96. The number of thioether (sulfide) groups is 1. The lowest BCUT2D eigenvalue weighted by Crippen LogP contribution is -2.21. The first-order chi connectivity index (χ1) is 9.73. The molecule has 21 heavy (non-hydrogen) atoms. The standard InChI is InChI=1S/C14H19NO5S/c1-7-5-9(12(15)10(6-7)14(19)20)13(18)11(17)3-4-21-8(2)16/h5-6,11,13,17-18H,3-4,15H2,1-2H3,(H,19,20). The lowest BCUT2D eigenvalue weighted by atomic mass is 9.96. The van der Waals surface area contributed by atoms with Gasteiger partial charge in [-0.15, -0.1) is 0 Å². The van der Waals surface area contributed by atoms with Crippen LogP contribution in [0, 0.1) is 6.92 Å². The molecule has 0 radical (unpaired) electrons. The van der Waals surface area contributed by atoms with E-state index in [1.807, 2.05) is 0 Å². The molecule has 0 aliphatic rings. The van der Waals surface area contributed by atoms with Gasteiger partial charge in [-0.1, -0.05) is 17.8 Å². The van der Waals surface area contributed by atoms with Crippen LogP contribution in [0.3, 0.4) is 0 Å². The minimum atomic E-state index is -1.30. The molecule has 1 aromatic carbocycles. The summed E-state index contributed by atoms with van der Waals surface area (Å²) < 4.78 is 0. The quantitative estimate of drug-likeness (QED) is 0.585. The zero-order valence-corrected chi connectivity index (χ0v) is 12.7. The second kappa shape index (κ2) is 7.44. The number of carbonyl (C=O) groups excluding carboxylic acids is 1. The van der Waals surface area contributed by atoms with Crippen molar-refractivity contribution in [3.63, 3.8) is 0 Å². The average Bonchev–Trinajstić information content (AvgIpc) is 2.39. The molecule has 0 amide bonds. The normalized spacial score (nSPS) is 13.7. The molecule has 0 aliphatic heterocycles. The van der Waals surface area contributed by atoms with Crippen molar-refractivity contribution in [1.29, 1.82) is 0 Å². The highest BCUT2D eigenvalue weighted by Crippen LogP contribution is 2.29. The first-order valence-electron chi connectivity index (χ1n) is 6.36. The first-order valence-corrected chi connectivity index (χ1v) is 7.35. The van der Waals surface area contributed by atoms with Gasteiger partial charge in [0.25, 0.3) is 0 Å². The van der Waals surface area contributed by atoms with Gasteiger partial charge in [-0.3, -0.25) is 4.79 Å². The van der Waals surface area contributed by atoms with Gasteiger partial charge in [-0.2, -0.15) is 0 Å². The van der Waals surface area contributed by atoms with Gasteiger partial charge in [0, 0.05) is 18.2 Å². The van der Waals surface area contributed by atoms with Crippen molar-refractivity contribution in [2.75, 3.05) is 11.5 Å². The van der Waals surface area contributed by atoms with E-state index in [0.717, 1.165) is 11.8 Å². The van der Waals surface area contributed by atoms with Crippen LogP contribution in [0.1, 0.15) is 40.9 Å². The van der Waals surface area contributed by atoms with Crippen LogP contribution < -0.4 is 5.73 Å². The number of carboxylic acids is 1. The van der Waals surface area contributed by atoms with E-state index in [-0.39, 0.29) is 28.4 Å². The van der Waals surface area contributed by atoms with Gasteiger partial charge in [-0.25, -0.2) is 4.79 Å². The zero-order valence-electron chi connectivity index (χ0n) is 11.9. The van der Waals surface area contributed by atoms with Crippen molar-refractivity contribution in [1.82, 2.24) is 0 Å². The number of hydrogen-bond donors (Lipinski definition) is 4. The number of nitrogen functional groups attached to an aromatic ring is 1. The maximum atomic E-state index is 11.1. The largest absolute Gasteiger partial charge is 0.478 e. The molecular weight excluding hydrogens is 294 g/mol. The summed E-state index contributed by atoms with van der Waals surface area (Å²) in [5.74, 6) is -0.822. The maximum absolute atomic E-state index is 11.1. The summed E-state index contributed by atoms with van der Waals surface area (Å²) in [7, 11) is 0. The van der Waals surface area contributed by atoms with Gasteiger partial charge in [0.2, 0.25) is 0 Å². The Labute approximate surface area is 127 Å². The Hall–Kier alpha value is -1.57. The molecule has 5 N–H and O–H groups in total. The topological polar surface area (TPSA) is 121 Å². The van der Waals surface area contributed by atoms with Gasteiger partial charge >= 0.3 is 5.97 Å². The summed E-state index contributed by atoms with van der Waals surface area (Å²) in [5, 5.41) is 29.1. The van der Waals surface area contributed by atoms with Crippen LogP contribution in [0.5, 0.6) is 0 Å². The van der Waals surface area contributed by atoms with Crippen LogP contribution in [0.2, 0.25) is 0 Å². The maximum Gasteiger partial charge on any atom is 0.337 e. The van der Waals surface area contributed by atoms with Crippen LogP contribution in [0.25, 0.3) is 0 Å². The number of aryl methyl sites for hydroxylation is 1. The number of carbonyl (C=O) groups is 2. The number of carboxylic acid groups (broad SMARTS) is 1. The van der Waals surface area contributed by atoms with Gasteiger partial charge < -0.3 is 21.1 Å². The van der Waals surface area contributed by atoms with Crippen LogP contribution in [-0.4, -0.2) is 38.3 Å². The first kappa shape index (κ1) is 17.5. The summed E-state index contributed by atoms with van der Waals surface area (Å²) in [5.41, 5.74) is 6.41. The van der Waals surface area contributed by atoms with E-state index < -0.39 is 18.2 Å². The molecule has 0 saturated heterocycles. The Morgan fingerprint density at radius 2 is 1.95 bits per heavy atom.